The molecular weight excluding hydrogens is 661 g/mol. The highest BCUT2D eigenvalue weighted by molar-refractivity contribution is 6.31. The highest BCUT2D eigenvalue weighted by Gasteiger charge is 2.45. The third-order valence-electron chi connectivity index (χ3n) is 10.5. The molecule has 1 amide bonds. The first-order valence-corrected chi connectivity index (χ1v) is 17.4. The van der Waals surface area contributed by atoms with E-state index in [2.05, 4.69) is 9.80 Å². The zero-order chi connectivity index (χ0) is 34.7. The van der Waals surface area contributed by atoms with Crippen LogP contribution in [0.15, 0.2) is 12.1 Å². The number of amides is 1. The molecular formula is C34H42ClF3N8O3. The Morgan fingerprint density at radius 2 is 1.90 bits per heavy atom. The van der Waals surface area contributed by atoms with E-state index in [-0.39, 0.29) is 41.7 Å². The Bertz CT molecular complexity index is 1750. The molecule has 0 saturated carbocycles. The van der Waals surface area contributed by atoms with Gasteiger partial charge in [-0.2, -0.15) is 28.2 Å². The number of halogens is 4. The maximum absolute atomic E-state index is 14.3. The molecule has 1 atom stereocenters. The van der Waals surface area contributed by atoms with Gasteiger partial charge in [0.2, 0.25) is 0 Å². The van der Waals surface area contributed by atoms with Crippen molar-refractivity contribution in [1.82, 2.24) is 29.5 Å². The molecule has 1 unspecified atom stereocenters. The van der Waals surface area contributed by atoms with Crippen molar-refractivity contribution in [3.05, 3.63) is 56.5 Å². The van der Waals surface area contributed by atoms with Crippen LogP contribution in [0.4, 0.5) is 24.7 Å². The number of fused-ring (bicyclic) bond motifs is 3. The van der Waals surface area contributed by atoms with Crippen LogP contribution in [0.3, 0.4) is 0 Å². The Morgan fingerprint density at radius 3 is 2.59 bits per heavy atom. The Morgan fingerprint density at radius 1 is 1.14 bits per heavy atom. The van der Waals surface area contributed by atoms with Crippen molar-refractivity contribution in [2.24, 2.45) is 0 Å². The molecule has 0 spiro atoms. The van der Waals surface area contributed by atoms with E-state index < -0.39 is 22.9 Å². The smallest absolute Gasteiger partial charge is 0.418 e. The fourth-order valence-corrected chi connectivity index (χ4v) is 8.46. The lowest BCUT2D eigenvalue weighted by Crippen LogP contribution is -2.43. The van der Waals surface area contributed by atoms with E-state index in [0.717, 1.165) is 62.5 Å². The minimum atomic E-state index is -4.71. The van der Waals surface area contributed by atoms with Crippen LogP contribution in [-0.2, 0) is 43.5 Å². The number of alkyl halides is 3. The van der Waals surface area contributed by atoms with Gasteiger partial charge in [0.25, 0.3) is 5.91 Å². The molecule has 0 radical (unpaired) electrons. The standard InChI is InChI=1S/C34H42ClF3N8O3/c1-4-21-26-17-44(10-7-13-46(26)42-29(21)31(47)43(2)3)30-23-18-48-27(22-14-20(39)15-24(35)28(22)34(36,37)38)16-25(23)40-32(41-30)49-19-33-8-5-11-45(33)12-6-9-33/h14-15,27H,4-13,16-19,39H2,1-3H3. The van der Waals surface area contributed by atoms with E-state index >= 15 is 0 Å². The summed E-state index contributed by atoms with van der Waals surface area (Å²) in [6.45, 7) is 6.22. The third-order valence-corrected chi connectivity index (χ3v) is 10.8. The first-order chi connectivity index (χ1) is 23.4. The molecule has 0 bridgehead atoms. The minimum absolute atomic E-state index is 0.0161. The molecule has 2 N–H and O–H groups in total. The average molecular weight is 703 g/mol. The Hall–Kier alpha value is -3.62. The molecule has 11 nitrogen and oxygen atoms in total. The van der Waals surface area contributed by atoms with Crippen molar-refractivity contribution in [3.8, 4) is 6.01 Å². The minimum Gasteiger partial charge on any atom is -0.461 e. The molecule has 6 heterocycles. The van der Waals surface area contributed by atoms with Crippen molar-refractivity contribution in [2.45, 2.75) is 89.4 Å². The number of nitrogens with two attached hydrogens (primary N) is 1. The van der Waals surface area contributed by atoms with Crippen LogP contribution in [0.5, 0.6) is 6.01 Å². The first-order valence-electron chi connectivity index (χ1n) is 17.0. The van der Waals surface area contributed by atoms with Gasteiger partial charge in [0.1, 0.15) is 12.4 Å². The molecule has 49 heavy (non-hydrogen) atoms. The van der Waals surface area contributed by atoms with Crippen LogP contribution >= 0.6 is 11.6 Å². The van der Waals surface area contributed by atoms with Gasteiger partial charge < -0.3 is 25.0 Å². The van der Waals surface area contributed by atoms with Crippen molar-refractivity contribution >= 4 is 29.0 Å². The maximum Gasteiger partial charge on any atom is 0.418 e. The molecule has 0 aliphatic carbocycles. The number of rotatable bonds is 7. The largest absolute Gasteiger partial charge is 0.461 e. The summed E-state index contributed by atoms with van der Waals surface area (Å²) in [5.41, 5.74) is 8.50. The van der Waals surface area contributed by atoms with E-state index in [0.29, 0.717) is 55.4 Å². The Labute approximate surface area is 288 Å². The molecule has 7 rings (SSSR count). The summed E-state index contributed by atoms with van der Waals surface area (Å²) in [4.78, 5) is 29.0. The summed E-state index contributed by atoms with van der Waals surface area (Å²) in [6.07, 6.45) is 0.0303. The summed E-state index contributed by atoms with van der Waals surface area (Å²) in [6, 6.07) is 2.59. The number of nitrogens with zero attached hydrogens (tertiary/aromatic N) is 7. The fourth-order valence-electron chi connectivity index (χ4n) is 8.12. The van der Waals surface area contributed by atoms with Gasteiger partial charge in [-0.1, -0.05) is 18.5 Å². The summed E-state index contributed by atoms with van der Waals surface area (Å²) in [5.74, 6) is 0.468. The second kappa shape index (κ2) is 12.9. The summed E-state index contributed by atoms with van der Waals surface area (Å²) in [7, 11) is 3.43. The van der Waals surface area contributed by atoms with E-state index in [1.165, 1.54) is 11.0 Å². The van der Waals surface area contributed by atoms with Crippen molar-refractivity contribution in [3.63, 3.8) is 0 Å². The lowest BCUT2D eigenvalue weighted by atomic mass is 9.94. The molecule has 1 aromatic carbocycles. The van der Waals surface area contributed by atoms with Crippen molar-refractivity contribution in [1.29, 1.82) is 0 Å². The van der Waals surface area contributed by atoms with Gasteiger partial charge in [-0.05, 0) is 69.3 Å². The quantitative estimate of drug-likeness (QED) is 0.322. The monoisotopic (exact) mass is 702 g/mol. The van der Waals surface area contributed by atoms with Crippen LogP contribution in [0, 0.1) is 0 Å². The highest BCUT2D eigenvalue weighted by Crippen LogP contribution is 2.45. The molecule has 3 aromatic rings. The lowest BCUT2D eigenvalue weighted by Gasteiger charge is -2.33. The molecule has 264 valence electrons. The molecule has 15 heteroatoms. The number of carbonyl (C=O) groups is 1. The van der Waals surface area contributed by atoms with Gasteiger partial charge in [0, 0.05) is 50.4 Å². The number of carbonyl (C=O) groups excluding carboxylic acids is 1. The zero-order valence-electron chi connectivity index (χ0n) is 28.1. The van der Waals surface area contributed by atoms with E-state index in [4.69, 9.17) is 41.9 Å². The van der Waals surface area contributed by atoms with Crippen LogP contribution in [0.1, 0.15) is 89.3 Å². The predicted molar refractivity (Wildman–Crippen MR) is 178 cm³/mol. The van der Waals surface area contributed by atoms with Crippen molar-refractivity contribution < 1.29 is 27.4 Å². The predicted octanol–water partition coefficient (Wildman–Crippen LogP) is 5.42. The second-order valence-corrected chi connectivity index (χ2v) is 14.2. The van der Waals surface area contributed by atoms with Crippen molar-refractivity contribution in [2.75, 3.05) is 51.0 Å². The lowest BCUT2D eigenvalue weighted by molar-refractivity contribution is -0.139. The number of aryl methyl sites for hydroxylation is 1. The third kappa shape index (κ3) is 6.20. The summed E-state index contributed by atoms with van der Waals surface area (Å²) < 4.78 is 57.3. The zero-order valence-corrected chi connectivity index (χ0v) is 28.8. The van der Waals surface area contributed by atoms with Crippen LogP contribution in [0.2, 0.25) is 5.02 Å². The number of hydrogen-bond donors (Lipinski definition) is 1. The summed E-state index contributed by atoms with van der Waals surface area (Å²) >= 11 is 6.12. The molecule has 2 fully saturated rings. The fraction of sp³-hybridized carbons (Fsp3) is 0.588. The van der Waals surface area contributed by atoms with Crippen LogP contribution < -0.4 is 15.4 Å². The van der Waals surface area contributed by atoms with Gasteiger partial charge in [0.05, 0.1) is 46.8 Å². The molecule has 2 saturated heterocycles. The summed E-state index contributed by atoms with van der Waals surface area (Å²) in [5, 5.41) is 4.25. The van der Waals surface area contributed by atoms with Gasteiger partial charge in [-0.3, -0.25) is 14.4 Å². The van der Waals surface area contributed by atoms with Gasteiger partial charge in [-0.15, -0.1) is 0 Å². The van der Waals surface area contributed by atoms with Gasteiger partial charge in [-0.25, -0.2) is 0 Å². The number of anilines is 2. The average Bonchev–Trinajstić information content (AvgIpc) is 3.69. The highest BCUT2D eigenvalue weighted by atomic mass is 35.5. The SMILES string of the molecule is CCc1c(C(=O)N(C)C)nn2c1CN(c1nc(OCC34CCCN3CCC4)nc3c1COC(c1cc(N)cc(Cl)c1C(F)(F)F)C3)CCC2. The normalized spacial score (nSPS) is 20.5. The van der Waals surface area contributed by atoms with Gasteiger partial charge in [0.15, 0.2) is 5.69 Å². The number of aromatic nitrogens is 4. The van der Waals surface area contributed by atoms with Crippen LogP contribution in [0.25, 0.3) is 0 Å². The number of benzene rings is 1. The molecule has 2 aromatic heterocycles. The number of hydrogen-bond acceptors (Lipinski definition) is 9. The Balaban J connectivity index is 1.27. The number of ether oxygens (including phenoxy) is 2. The van der Waals surface area contributed by atoms with Crippen LogP contribution in [-0.4, -0.2) is 81.3 Å². The maximum atomic E-state index is 14.3. The molecule has 4 aliphatic rings. The van der Waals surface area contributed by atoms with E-state index in [9.17, 15) is 18.0 Å². The first kappa shape index (κ1) is 33.9. The second-order valence-electron chi connectivity index (χ2n) is 13.8. The number of nitrogen functional groups attached to an aromatic ring is 1. The Kier molecular flexibility index (Phi) is 8.93. The van der Waals surface area contributed by atoms with E-state index in [1.54, 1.807) is 14.1 Å². The topological polar surface area (TPSA) is 115 Å². The molecule has 4 aliphatic heterocycles. The van der Waals surface area contributed by atoms with E-state index in [1.807, 2.05) is 11.6 Å². The van der Waals surface area contributed by atoms with Gasteiger partial charge >= 0.3 is 12.2 Å².